The molecule has 0 radical (unpaired) electrons. The normalized spacial score (nSPS) is 13.1. The van der Waals surface area contributed by atoms with Gasteiger partial charge < -0.3 is 9.31 Å². The SMILES string of the molecule is C=C(CCC)B1Oc2ccccc2O1. The van der Waals surface area contributed by atoms with Gasteiger partial charge in [-0.2, -0.15) is 0 Å². The molecule has 2 rings (SSSR count). The van der Waals surface area contributed by atoms with Crippen molar-refractivity contribution < 1.29 is 9.31 Å². The number of rotatable bonds is 3. The lowest BCUT2D eigenvalue weighted by Crippen LogP contribution is -2.26. The number of allylic oxidation sites excluding steroid dienone is 1. The Bertz CT molecular complexity index is 324. The summed E-state index contributed by atoms with van der Waals surface area (Å²) in [5.74, 6) is 1.63. The monoisotopic (exact) mass is 188 g/mol. The average Bonchev–Trinajstić information content (AvgIpc) is 2.61. The second kappa shape index (κ2) is 3.78. The third-order valence-electron chi connectivity index (χ3n) is 2.22. The van der Waals surface area contributed by atoms with Crippen LogP contribution in [0.3, 0.4) is 0 Å². The predicted molar refractivity (Wildman–Crippen MR) is 57.5 cm³/mol. The molecule has 3 heteroatoms. The molecule has 72 valence electrons. The molecule has 0 aliphatic carbocycles. The number of benzene rings is 1. The van der Waals surface area contributed by atoms with Gasteiger partial charge in [-0.05, 0) is 24.0 Å². The van der Waals surface area contributed by atoms with Gasteiger partial charge >= 0.3 is 7.12 Å². The maximum Gasteiger partial charge on any atom is 0.627 e. The summed E-state index contributed by atoms with van der Waals surface area (Å²) in [6, 6.07) is 7.70. The summed E-state index contributed by atoms with van der Waals surface area (Å²) in [6.07, 6.45) is 2.01. The molecular formula is C11H13BO2. The molecule has 1 aromatic rings. The number of hydrogen-bond donors (Lipinski definition) is 0. The molecule has 1 aromatic carbocycles. The Morgan fingerprint density at radius 2 is 1.86 bits per heavy atom. The topological polar surface area (TPSA) is 18.5 Å². The molecule has 0 N–H and O–H groups in total. The minimum Gasteiger partial charge on any atom is -0.519 e. The third-order valence-corrected chi connectivity index (χ3v) is 2.22. The maximum absolute atomic E-state index is 5.60. The van der Waals surface area contributed by atoms with Crippen molar-refractivity contribution in [2.24, 2.45) is 0 Å². The molecule has 0 saturated carbocycles. The molecule has 0 atom stereocenters. The fraction of sp³-hybridized carbons (Fsp3) is 0.273. The quantitative estimate of drug-likeness (QED) is 0.679. The predicted octanol–water partition coefficient (Wildman–Crippen LogP) is 2.84. The van der Waals surface area contributed by atoms with Gasteiger partial charge in [0.15, 0.2) is 0 Å². The minimum atomic E-state index is -0.285. The molecule has 0 fully saturated rings. The van der Waals surface area contributed by atoms with Crippen LogP contribution < -0.4 is 9.31 Å². The van der Waals surface area contributed by atoms with Crippen LogP contribution in [0.5, 0.6) is 11.5 Å². The van der Waals surface area contributed by atoms with Gasteiger partial charge in [0.2, 0.25) is 0 Å². The Labute approximate surface area is 84.7 Å². The van der Waals surface area contributed by atoms with Crippen LogP contribution in [-0.4, -0.2) is 7.12 Å². The van der Waals surface area contributed by atoms with E-state index in [4.69, 9.17) is 9.31 Å². The maximum atomic E-state index is 5.60. The largest absolute Gasteiger partial charge is 0.627 e. The highest BCUT2D eigenvalue weighted by Gasteiger charge is 2.33. The Morgan fingerprint density at radius 3 is 2.36 bits per heavy atom. The van der Waals surface area contributed by atoms with Crippen LogP contribution in [0.25, 0.3) is 0 Å². The lowest BCUT2D eigenvalue weighted by molar-refractivity contribution is 0.508. The number of para-hydroxylation sites is 2. The van der Waals surface area contributed by atoms with Gasteiger partial charge in [0, 0.05) is 0 Å². The van der Waals surface area contributed by atoms with Crippen molar-refractivity contribution in [2.45, 2.75) is 19.8 Å². The zero-order valence-corrected chi connectivity index (χ0v) is 8.32. The van der Waals surface area contributed by atoms with E-state index < -0.39 is 0 Å². The molecule has 0 amide bonds. The van der Waals surface area contributed by atoms with E-state index in [0.717, 1.165) is 29.8 Å². The first-order valence-electron chi connectivity index (χ1n) is 4.91. The Hall–Kier alpha value is -1.38. The molecule has 0 aromatic heterocycles. The number of fused-ring (bicyclic) bond motifs is 1. The van der Waals surface area contributed by atoms with Gasteiger partial charge in [-0.15, -0.1) is 6.58 Å². The Morgan fingerprint density at radius 1 is 1.29 bits per heavy atom. The molecule has 1 heterocycles. The Kier molecular flexibility index (Phi) is 2.48. The highest BCUT2D eigenvalue weighted by Crippen LogP contribution is 2.34. The van der Waals surface area contributed by atoms with E-state index in [2.05, 4.69) is 13.5 Å². The van der Waals surface area contributed by atoms with Crippen LogP contribution in [-0.2, 0) is 0 Å². The van der Waals surface area contributed by atoms with Crippen LogP contribution in [0.2, 0.25) is 0 Å². The van der Waals surface area contributed by atoms with Crippen LogP contribution in [0.4, 0.5) is 0 Å². The average molecular weight is 188 g/mol. The van der Waals surface area contributed by atoms with Crippen molar-refractivity contribution in [2.75, 3.05) is 0 Å². The fourth-order valence-electron chi connectivity index (χ4n) is 1.51. The molecule has 0 unspecified atom stereocenters. The van der Waals surface area contributed by atoms with Crippen molar-refractivity contribution in [3.63, 3.8) is 0 Å². The van der Waals surface area contributed by atoms with E-state index in [-0.39, 0.29) is 7.12 Å². The molecule has 0 spiro atoms. The molecule has 14 heavy (non-hydrogen) atoms. The van der Waals surface area contributed by atoms with Gasteiger partial charge in [-0.25, -0.2) is 0 Å². The van der Waals surface area contributed by atoms with Crippen LogP contribution in [0.15, 0.2) is 36.3 Å². The molecule has 0 saturated heterocycles. The first-order valence-corrected chi connectivity index (χ1v) is 4.91. The van der Waals surface area contributed by atoms with Gasteiger partial charge in [0.05, 0.1) is 0 Å². The lowest BCUT2D eigenvalue weighted by Gasteiger charge is -2.05. The second-order valence-electron chi connectivity index (χ2n) is 3.42. The van der Waals surface area contributed by atoms with E-state index in [0.29, 0.717) is 0 Å². The first-order chi connectivity index (χ1) is 6.81. The number of hydrogen-bond acceptors (Lipinski definition) is 2. The van der Waals surface area contributed by atoms with Crippen molar-refractivity contribution in [3.05, 3.63) is 36.3 Å². The zero-order chi connectivity index (χ0) is 9.97. The second-order valence-corrected chi connectivity index (χ2v) is 3.42. The molecule has 1 aliphatic rings. The summed E-state index contributed by atoms with van der Waals surface area (Å²) in [6.45, 7) is 6.08. The summed E-state index contributed by atoms with van der Waals surface area (Å²) in [7, 11) is -0.285. The standard InChI is InChI=1S/C11H13BO2/c1-3-6-9(2)12-13-10-7-4-5-8-11(10)14-12/h4-5,7-8H,2-3,6H2,1H3. The van der Waals surface area contributed by atoms with E-state index in [9.17, 15) is 0 Å². The van der Waals surface area contributed by atoms with Gasteiger partial charge in [0.1, 0.15) is 11.5 Å². The molecule has 0 bridgehead atoms. The zero-order valence-electron chi connectivity index (χ0n) is 8.32. The third kappa shape index (κ3) is 1.62. The van der Waals surface area contributed by atoms with Crippen molar-refractivity contribution in [1.82, 2.24) is 0 Å². The molecule has 2 nitrogen and oxygen atoms in total. The molecule has 1 aliphatic heterocycles. The van der Waals surface area contributed by atoms with E-state index in [1.54, 1.807) is 0 Å². The van der Waals surface area contributed by atoms with Gasteiger partial charge in [-0.1, -0.05) is 25.5 Å². The van der Waals surface area contributed by atoms with E-state index in [1.165, 1.54) is 0 Å². The van der Waals surface area contributed by atoms with Crippen molar-refractivity contribution in [1.29, 1.82) is 0 Å². The van der Waals surface area contributed by atoms with Crippen LogP contribution >= 0.6 is 0 Å². The summed E-state index contributed by atoms with van der Waals surface area (Å²) in [4.78, 5) is 0. The highest BCUT2D eigenvalue weighted by molar-refractivity contribution is 6.56. The van der Waals surface area contributed by atoms with E-state index >= 15 is 0 Å². The summed E-state index contributed by atoms with van der Waals surface area (Å²) in [5.41, 5.74) is 1.00. The highest BCUT2D eigenvalue weighted by atomic mass is 16.6. The van der Waals surface area contributed by atoms with Crippen LogP contribution in [0, 0.1) is 0 Å². The Balaban J connectivity index is 2.08. The first kappa shape index (κ1) is 9.19. The summed E-state index contributed by atoms with van der Waals surface area (Å²) >= 11 is 0. The van der Waals surface area contributed by atoms with E-state index in [1.807, 2.05) is 24.3 Å². The van der Waals surface area contributed by atoms with Crippen LogP contribution in [0.1, 0.15) is 19.8 Å². The fourth-order valence-corrected chi connectivity index (χ4v) is 1.51. The summed E-state index contributed by atoms with van der Waals surface area (Å²) in [5, 5.41) is 0. The summed E-state index contributed by atoms with van der Waals surface area (Å²) < 4.78 is 11.2. The molecular weight excluding hydrogens is 175 g/mol. The minimum absolute atomic E-state index is 0.285. The lowest BCUT2D eigenvalue weighted by atomic mass is 9.77. The smallest absolute Gasteiger partial charge is 0.519 e. The van der Waals surface area contributed by atoms with Crippen molar-refractivity contribution >= 4 is 7.12 Å². The van der Waals surface area contributed by atoms with Gasteiger partial charge in [-0.3, -0.25) is 0 Å². The van der Waals surface area contributed by atoms with Gasteiger partial charge in [0.25, 0.3) is 0 Å². The van der Waals surface area contributed by atoms with Crippen molar-refractivity contribution in [3.8, 4) is 11.5 Å².